The molecular weight excluding hydrogens is 386 g/mol. The van der Waals surface area contributed by atoms with Crippen LogP contribution in [0.15, 0.2) is 83.7 Å². The zero-order valence-electron chi connectivity index (χ0n) is 17.3. The predicted octanol–water partition coefficient (Wildman–Crippen LogP) is 4.16. The molecule has 154 valence electrons. The van der Waals surface area contributed by atoms with Crippen molar-refractivity contribution in [2.75, 3.05) is 6.54 Å². The van der Waals surface area contributed by atoms with Gasteiger partial charge in [-0.25, -0.2) is 4.98 Å². The summed E-state index contributed by atoms with van der Waals surface area (Å²) in [6.07, 6.45) is 2.18. The first-order chi connectivity index (χ1) is 15.1. The van der Waals surface area contributed by atoms with Crippen molar-refractivity contribution in [1.29, 1.82) is 0 Å². The van der Waals surface area contributed by atoms with Crippen LogP contribution in [-0.2, 0) is 5.41 Å². The summed E-state index contributed by atoms with van der Waals surface area (Å²) in [5.41, 5.74) is 3.19. The molecule has 1 N–H and O–H groups in total. The number of aryl methyl sites for hydroxylation is 1. The number of nitrogens with zero attached hydrogens (tertiary/aromatic N) is 2. The van der Waals surface area contributed by atoms with E-state index in [1.807, 2.05) is 43.3 Å². The van der Waals surface area contributed by atoms with Gasteiger partial charge in [0, 0.05) is 17.5 Å². The molecule has 0 atom stereocenters. The normalized spacial score (nSPS) is 14.4. The van der Waals surface area contributed by atoms with Gasteiger partial charge < -0.3 is 5.32 Å². The lowest BCUT2D eigenvalue weighted by atomic mass is 9.96. The van der Waals surface area contributed by atoms with E-state index in [-0.39, 0.29) is 16.9 Å². The Morgan fingerprint density at radius 1 is 0.968 bits per heavy atom. The summed E-state index contributed by atoms with van der Waals surface area (Å²) in [5, 5.41) is 3.66. The second-order valence-electron chi connectivity index (χ2n) is 8.19. The molecule has 0 spiro atoms. The summed E-state index contributed by atoms with van der Waals surface area (Å²) >= 11 is 0. The SMILES string of the molecule is Cc1nc2ccccc2c(=O)n1-c1ccc(C(=O)NCC2(c3ccccc3)CC2)cc1. The maximum absolute atomic E-state index is 13.0. The summed E-state index contributed by atoms with van der Waals surface area (Å²) in [6, 6.07) is 24.8. The highest BCUT2D eigenvalue weighted by atomic mass is 16.1. The molecule has 5 rings (SSSR count). The topological polar surface area (TPSA) is 64.0 Å². The molecule has 0 bridgehead atoms. The molecule has 0 aliphatic heterocycles. The molecule has 1 aliphatic rings. The van der Waals surface area contributed by atoms with Crippen molar-refractivity contribution in [3.05, 3.63) is 106 Å². The number of nitrogens with one attached hydrogen (secondary N) is 1. The fourth-order valence-electron chi connectivity index (χ4n) is 4.17. The maximum atomic E-state index is 13.0. The number of carbonyl (C=O) groups is 1. The number of fused-ring (bicyclic) bond motifs is 1. The molecule has 1 aromatic heterocycles. The standard InChI is InChI=1S/C26H23N3O2/c1-18-28-23-10-6-5-9-22(23)25(31)29(18)21-13-11-19(12-14-21)24(30)27-17-26(15-16-26)20-7-3-2-4-8-20/h2-14H,15-17H2,1H3,(H,27,30). The minimum Gasteiger partial charge on any atom is -0.351 e. The van der Waals surface area contributed by atoms with Crippen LogP contribution in [0.3, 0.4) is 0 Å². The van der Waals surface area contributed by atoms with Crippen LogP contribution in [0, 0.1) is 6.92 Å². The molecule has 31 heavy (non-hydrogen) atoms. The average molecular weight is 409 g/mol. The van der Waals surface area contributed by atoms with Crippen LogP contribution in [0.4, 0.5) is 0 Å². The Kier molecular flexibility index (Phi) is 4.66. The molecule has 1 saturated carbocycles. The smallest absolute Gasteiger partial charge is 0.265 e. The molecular formula is C26H23N3O2. The zero-order chi connectivity index (χ0) is 21.4. The molecule has 5 heteroatoms. The van der Waals surface area contributed by atoms with E-state index < -0.39 is 0 Å². The van der Waals surface area contributed by atoms with Crippen LogP contribution < -0.4 is 10.9 Å². The van der Waals surface area contributed by atoms with Crippen molar-refractivity contribution < 1.29 is 4.79 Å². The monoisotopic (exact) mass is 409 g/mol. The summed E-state index contributed by atoms with van der Waals surface area (Å²) < 4.78 is 1.58. The lowest BCUT2D eigenvalue weighted by Crippen LogP contribution is -2.32. The van der Waals surface area contributed by atoms with Crippen molar-refractivity contribution in [3.63, 3.8) is 0 Å². The first kappa shape index (κ1) is 19.2. The lowest BCUT2D eigenvalue weighted by Gasteiger charge is -2.17. The van der Waals surface area contributed by atoms with E-state index in [1.165, 1.54) is 5.56 Å². The molecule has 1 heterocycles. The highest BCUT2D eigenvalue weighted by molar-refractivity contribution is 5.94. The number of para-hydroxylation sites is 1. The lowest BCUT2D eigenvalue weighted by molar-refractivity contribution is 0.0949. The first-order valence-electron chi connectivity index (χ1n) is 10.5. The Morgan fingerprint density at radius 2 is 1.65 bits per heavy atom. The number of hydrogen-bond acceptors (Lipinski definition) is 3. The van der Waals surface area contributed by atoms with Gasteiger partial charge in [-0.3, -0.25) is 14.2 Å². The predicted molar refractivity (Wildman–Crippen MR) is 122 cm³/mol. The number of amides is 1. The molecule has 5 nitrogen and oxygen atoms in total. The molecule has 0 saturated heterocycles. The van der Waals surface area contributed by atoms with Crippen molar-refractivity contribution in [2.24, 2.45) is 0 Å². The van der Waals surface area contributed by atoms with E-state index in [0.717, 1.165) is 12.8 Å². The van der Waals surface area contributed by atoms with Crippen LogP contribution in [-0.4, -0.2) is 22.0 Å². The summed E-state index contributed by atoms with van der Waals surface area (Å²) in [4.78, 5) is 30.2. The second kappa shape index (κ2) is 7.51. The van der Waals surface area contributed by atoms with Gasteiger partial charge in [-0.15, -0.1) is 0 Å². The third-order valence-electron chi connectivity index (χ3n) is 6.16. The largest absolute Gasteiger partial charge is 0.351 e. The van der Waals surface area contributed by atoms with E-state index in [4.69, 9.17) is 0 Å². The van der Waals surface area contributed by atoms with Crippen molar-refractivity contribution in [3.8, 4) is 5.69 Å². The molecule has 0 radical (unpaired) electrons. The van der Waals surface area contributed by atoms with Gasteiger partial charge in [-0.05, 0) is 61.7 Å². The molecule has 4 aromatic rings. The first-order valence-corrected chi connectivity index (χ1v) is 10.5. The van der Waals surface area contributed by atoms with Gasteiger partial charge >= 0.3 is 0 Å². The van der Waals surface area contributed by atoms with Gasteiger partial charge in [-0.1, -0.05) is 42.5 Å². The molecule has 1 aliphatic carbocycles. The fourth-order valence-corrected chi connectivity index (χ4v) is 4.17. The van der Waals surface area contributed by atoms with E-state index in [9.17, 15) is 9.59 Å². The van der Waals surface area contributed by atoms with Crippen LogP contribution in [0.2, 0.25) is 0 Å². The van der Waals surface area contributed by atoms with Gasteiger partial charge in [0.15, 0.2) is 0 Å². The highest BCUT2D eigenvalue weighted by Crippen LogP contribution is 2.47. The van der Waals surface area contributed by atoms with E-state index in [0.29, 0.717) is 34.5 Å². The van der Waals surface area contributed by atoms with Crippen LogP contribution in [0.5, 0.6) is 0 Å². The Balaban J connectivity index is 1.36. The Labute approximate surface area is 180 Å². The number of hydrogen-bond donors (Lipinski definition) is 1. The number of rotatable bonds is 5. The Morgan fingerprint density at radius 3 is 2.35 bits per heavy atom. The summed E-state index contributed by atoms with van der Waals surface area (Å²) in [5.74, 6) is 0.508. The quantitative estimate of drug-likeness (QED) is 0.538. The molecule has 1 amide bonds. The minimum absolute atomic E-state index is 0.0675. The third-order valence-corrected chi connectivity index (χ3v) is 6.16. The van der Waals surface area contributed by atoms with Crippen LogP contribution in [0.25, 0.3) is 16.6 Å². The van der Waals surface area contributed by atoms with E-state index in [1.54, 1.807) is 34.9 Å². The van der Waals surface area contributed by atoms with Gasteiger partial charge in [0.1, 0.15) is 5.82 Å². The van der Waals surface area contributed by atoms with Gasteiger partial charge in [0.05, 0.1) is 16.6 Å². The minimum atomic E-state index is -0.112. The number of benzene rings is 3. The van der Waals surface area contributed by atoms with Crippen molar-refractivity contribution in [2.45, 2.75) is 25.2 Å². The Bertz CT molecular complexity index is 1320. The molecule has 0 unspecified atom stereocenters. The number of aromatic nitrogens is 2. The van der Waals surface area contributed by atoms with Crippen LogP contribution >= 0.6 is 0 Å². The number of carbonyl (C=O) groups excluding carboxylic acids is 1. The third kappa shape index (κ3) is 3.52. The zero-order valence-corrected chi connectivity index (χ0v) is 17.3. The van der Waals surface area contributed by atoms with Gasteiger partial charge in [-0.2, -0.15) is 0 Å². The van der Waals surface area contributed by atoms with Gasteiger partial charge in [0.2, 0.25) is 0 Å². The van der Waals surface area contributed by atoms with Crippen LogP contribution in [0.1, 0.15) is 34.6 Å². The highest BCUT2D eigenvalue weighted by Gasteiger charge is 2.44. The maximum Gasteiger partial charge on any atom is 0.265 e. The average Bonchev–Trinajstić information content (AvgIpc) is 3.60. The molecule has 3 aromatic carbocycles. The molecule has 1 fully saturated rings. The summed E-state index contributed by atoms with van der Waals surface area (Å²) in [7, 11) is 0. The van der Waals surface area contributed by atoms with E-state index >= 15 is 0 Å². The second-order valence-corrected chi connectivity index (χ2v) is 8.19. The summed E-state index contributed by atoms with van der Waals surface area (Å²) in [6.45, 7) is 2.44. The fraction of sp³-hybridized carbons (Fsp3) is 0.192. The Hall–Kier alpha value is -3.73. The van der Waals surface area contributed by atoms with Crippen molar-refractivity contribution >= 4 is 16.8 Å². The van der Waals surface area contributed by atoms with E-state index in [2.05, 4.69) is 22.4 Å². The van der Waals surface area contributed by atoms with Gasteiger partial charge in [0.25, 0.3) is 11.5 Å². The van der Waals surface area contributed by atoms with Crippen molar-refractivity contribution in [1.82, 2.24) is 14.9 Å².